The number of carbonyl (C=O) groups excluding carboxylic acids is 2. The molecule has 0 aliphatic carbocycles. The van der Waals surface area contributed by atoms with Crippen molar-refractivity contribution in [3.8, 4) is 5.75 Å². The van der Waals surface area contributed by atoms with Crippen LogP contribution in [0.15, 0.2) is 54.6 Å². The lowest BCUT2D eigenvalue weighted by Crippen LogP contribution is -2.52. The van der Waals surface area contributed by atoms with Crippen molar-refractivity contribution < 1.29 is 19.1 Å². The van der Waals surface area contributed by atoms with Gasteiger partial charge in [-0.05, 0) is 50.5 Å². The van der Waals surface area contributed by atoms with E-state index in [4.69, 9.17) is 9.47 Å². The van der Waals surface area contributed by atoms with Gasteiger partial charge in [-0.3, -0.25) is 4.79 Å². The monoisotopic (exact) mass is 440 g/mol. The summed E-state index contributed by atoms with van der Waals surface area (Å²) in [7, 11) is 5.55. The van der Waals surface area contributed by atoms with E-state index >= 15 is 0 Å². The number of benzene rings is 2. The lowest BCUT2D eigenvalue weighted by atomic mass is 10.1. The number of anilines is 1. The van der Waals surface area contributed by atoms with Gasteiger partial charge < -0.3 is 29.5 Å². The predicted molar refractivity (Wildman–Crippen MR) is 124 cm³/mol. The number of nitrogens with one attached hydrogen (secondary N) is 1. The molecule has 1 saturated heterocycles. The molecule has 1 unspecified atom stereocenters. The number of urea groups is 1. The molecule has 3 amide bonds. The molecule has 1 fully saturated rings. The third kappa shape index (κ3) is 6.70. The van der Waals surface area contributed by atoms with Crippen LogP contribution in [0.3, 0.4) is 0 Å². The third-order valence-electron chi connectivity index (χ3n) is 5.32. The molecule has 0 radical (unpaired) electrons. The van der Waals surface area contributed by atoms with Gasteiger partial charge >= 0.3 is 6.03 Å². The summed E-state index contributed by atoms with van der Waals surface area (Å²) < 4.78 is 11.1. The smallest absolute Gasteiger partial charge is 0.322 e. The van der Waals surface area contributed by atoms with Gasteiger partial charge in [0.25, 0.3) is 5.91 Å². The second-order valence-electron chi connectivity index (χ2n) is 8.02. The maximum Gasteiger partial charge on any atom is 0.322 e. The molecule has 0 spiro atoms. The van der Waals surface area contributed by atoms with Crippen LogP contribution >= 0.6 is 0 Å². The van der Waals surface area contributed by atoms with Crippen molar-refractivity contribution in [2.45, 2.75) is 6.10 Å². The van der Waals surface area contributed by atoms with Crippen molar-refractivity contribution in [3.63, 3.8) is 0 Å². The summed E-state index contributed by atoms with van der Waals surface area (Å²) in [5, 5.41) is 2.92. The topological polar surface area (TPSA) is 74.4 Å². The van der Waals surface area contributed by atoms with E-state index < -0.39 is 0 Å². The Kier molecular flexibility index (Phi) is 8.47. The zero-order valence-corrected chi connectivity index (χ0v) is 19.0. The lowest BCUT2D eigenvalue weighted by Gasteiger charge is -2.36. The zero-order chi connectivity index (χ0) is 22.9. The summed E-state index contributed by atoms with van der Waals surface area (Å²) in [5.74, 6) is 0.640. The Morgan fingerprint density at radius 1 is 1.09 bits per heavy atom. The van der Waals surface area contributed by atoms with Gasteiger partial charge in [-0.1, -0.05) is 18.2 Å². The Bertz CT molecular complexity index is 873. The summed E-state index contributed by atoms with van der Waals surface area (Å²) in [5.41, 5.74) is 1.35. The van der Waals surface area contributed by atoms with Crippen LogP contribution < -0.4 is 10.1 Å². The molecule has 1 heterocycles. The number of likely N-dealkylation sites (N-methyl/N-ethyl adjacent to an activating group) is 1. The average molecular weight is 441 g/mol. The molecular formula is C24H32N4O4. The van der Waals surface area contributed by atoms with Crippen LogP contribution in [0.2, 0.25) is 0 Å². The highest BCUT2D eigenvalue weighted by atomic mass is 16.5. The first-order valence-electron chi connectivity index (χ1n) is 10.8. The van der Waals surface area contributed by atoms with Crippen LogP contribution in [0.5, 0.6) is 5.75 Å². The number of rotatable bonds is 8. The number of morpholine rings is 1. The molecule has 2 aromatic carbocycles. The first-order chi connectivity index (χ1) is 15.5. The molecule has 8 nitrogen and oxygen atoms in total. The highest BCUT2D eigenvalue weighted by molar-refractivity contribution is 5.94. The molecule has 2 aromatic rings. The maximum atomic E-state index is 13.2. The van der Waals surface area contributed by atoms with Gasteiger partial charge in [-0.25, -0.2) is 4.79 Å². The van der Waals surface area contributed by atoms with E-state index in [1.807, 2.05) is 49.3 Å². The van der Waals surface area contributed by atoms with Crippen LogP contribution in [-0.2, 0) is 4.74 Å². The van der Waals surface area contributed by atoms with Gasteiger partial charge in [0.1, 0.15) is 5.75 Å². The van der Waals surface area contributed by atoms with Crippen LogP contribution in [0, 0.1) is 0 Å². The molecule has 0 bridgehead atoms. The molecule has 32 heavy (non-hydrogen) atoms. The van der Waals surface area contributed by atoms with Gasteiger partial charge in [0.2, 0.25) is 0 Å². The second-order valence-corrected chi connectivity index (χ2v) is 8.02. The van der Waals surface area contributed by atoms with E-state index in [0.29, 0.717) is 44.1 Å². The summed E-state index contributed by atoms with van der Waals surface area (Å²) >= 11 is 0. The standard InChI is InChI=1S/C24H32N4O4/c1-26(2)13-14-27(23(29)19-9-11-21(31-3)12-10-19)17-22-18-28(15-16-32-22)24(30)25-20-7-5-4-6-8-20/h4-12,22H,13-18H2,1-3H3,(H,25,30). The van der Waals surface area contributed by atoms with Gasteiger partial charge in [-0.15, -0.1) is 0 Å². The van der Waals surface area contributed by atoms with Gasteiger partial charge in [0.15, 0.2) is 0 Å². The average Bonchev–Trinajstić information content (AvgIpc) is 2.82. The summed E-state index contributed by atoms with van der Waals surface area (Å²) in [6.45, 7) is 3.08. The van der Waals surface area contributed by atoms with Gasteiger partial charge in [0.05, 0.1) is 26.4 Å². The van der Waals surface area contributed by atoms with Gasteiger partial charge in [0, 0.05) is 37.4 Å². The van der Waals surface area contributed by atoms with Crippen LogP contribution in [0.25, 0.3) is 0 Å². The van der Waals surface area contributed by atoms with Crippen molar-refractivity contribution >= 4 is 17.6 Å². The van der Waals surface area contributed by atoms with E-state index in [-0.39, 0.29) is 18.0 Å². The first kappa shape index (κ1) is 23.6. The summed E-state index contributed by atoms with van der Waals surface area (Å²) in [6, 6.07) is 16.3. The van der Waals surface area contributed by atoms with Crippen LogP contribution in [0.1, 0.15) is 10.4 Å². The number of carbonyl (C=O) groups is 2. The minimum atomic E-state index is -0.255. The fourth-order valence-electron chi connectivity index (χ4n) is 3.50. The van der Waals surface area contributed by atoms with E-state index in [0.717, 1.165) is 12.2 Å². The van der Waals surface area contributed by atoms with Crippen molar-refractivity contribution in [2.24, 2.45) is 0 Å². The molecule has 0 saturated carbocycles. The number of hydrogen-bond acceptors (Lipinski definition) is 5. The maximum absolute atomic E-state index is 13.2. The highest BCUT2D eigenvalue weighted by Gasteiger charge is 2.28. The number of hydrogen-bond donors (Lipinski definition) is 1. The summed E-state index contributed by atoms with van der Waals surface area (Å²) in [6.07, 6.45) is -0.255. The molecule has 1 atom stereocenters. The Labute approximate surface area is 189 Å². The summed E-state index contributed by atoms with van der Waals surface area (Å²) in [4.78, 5) is 31.5. The van der Waals surface area contributed by atoms with E-state index in [1.54, 1.807) is 41.2 Å². The molecule has 1 aliphatic rings. The van der Waals surface area contributed by atoms with Crippen LogP contribution in [-0.4, -0.2) is 93.3 Å². The number of methoxy groups -OCH3 is 1. The Morgan fingerprint density at radius 2 is 1.81 bits per heavy atom. The number of para-hydroxylation sites is 1. The SMILES string of the molecule is COc1ccc(C(=O)N(CCN(C)C)CC2CN(C(=O)Nc3ccccc3)CCO2)cc1. The van der Waals surface area contributed by atoms with E-state index in [2.05, 4.69) is 5.32 Å². The Hall–Kier alpha value is -3.10. The first-order valence-corrected chi connectivity index (χ1v) is 10.8. The number of amides is 3. The quantitative estimate of drug-likeness (QED) is 0.683. The van der Waals surface area contributed by atoms with E-state index in [9.17, 15) is 9.59 Å². The Morgan fingerprint density at radius 3 is 2.47 bits per heavy atom. The minimum absolute atomic E-state index is 0.0658. The highest BCUT2D eigenvalue weighted by Crippen LogP contribution is 2.16. The largest absolute Gasteiger partial charge is 0.497 e. The Balaban J connectivity index is 1.64. The molecular weight excluding hydrogens is 408 g/mol. The molecule has 1 N–H and O–H groups in total. The molecule has 3 rings (SSSR count). The molecule has 0 aromatic heterocycles. The van der Waals surface area contributed by atoms with E-state index in [1.165, 1.54) is 0 Å². The minimum Gasteiger partial charge on any atom is -0.497 e. The third-order valence-corrected chi connectivity index (χ3v) is 5.32. The number of ether oxygens (including phenoxy) is 2. The lowest BCUT2D eigenvalue weighted by molar-refractivity contribution is -0.0265. The molecule has 1 aliphatic heterocycles. The normalized spacial score (nSPS) is 16.0. The second kappa shape index (κ2) is 11.5. The van der Waals surface area contributed by atoms with Gasteiger partial charge in [-0.2, -0.15) is 0 Å². The van der Waals surface area contributed by atoms with Crippen LogP contribution in [0.4, 0.5) is 10.5 Å². The van der Waals surface area contributed by atoms with Crippen molar-refractivity contribution in [1.29, 1.82) is 0 Å². The molecule has 8 heteroatoms. The van der Waals surface area contributed by atoms with Crippen molar-refractivity contribution in [2.75, 3.05) is 65.9 Å². The van der Waals surface area contributed by atoms with Crippen molar-refractivity contribution in [1.82, 2.24) is 14.7 Å². The number of nitrogens with zero attached hydrogens (tertiary/aromatic N) is 3. The zero-order valence-electron chi connectivity index (χ0n) is 19.0. The van der Waals surface area contributed by atoms with Crippen molar-refractivity contribution in [3.05, 3.63) is 60.2 Å². The molecule has 172 valence electrons. The fourth-order valence-corrected chi connectivity index (χ4v) is 3.50. The fraction of sp³-hybridized carbons (Fsp3) is 0.417. The predicted octanol–water partition coefficient (Wildman–Crippen LogP) is 2.63.